The SMILES string of the molecule is CNC(=O)c1cccc(N(Cc2cc([ClH+])ccc2F)C2CCN(C(C)CCNC(=O)c3c(C)ncnc3C)CC2)c1. The van der Waals surface area contributed by atoms with E-state index in [1.54, 1.807) is 25.2 Å². The molecule has 218 valence electrons. The number of hydrogen-bond donors (Lipinski definition) is 2. The number of halogens is 2. The minimum absolute atomic E-state index is 0.142. The van der Waals surface area contributed by atoms with E-state index in [4.69, 9.17) is 11.6 Å². The largest absolute Gasteiger partial charge is 0.364 e. The normalized spacial score (nSPS) is 14.9. The minimum Gasteiger partial charge on any atom is -0.364 e. The lowest BCUT2D eigenvalue weighted by atomic mass is 9.98. The van der Waals surface area contributed by atoms with Gasteiger partial charge in [0.1, 0.15) is 12.1 Å². The molecule has 2 aromatic carbocycles. The standard InChI is InChI=1S/C31H38ClFN6O2/c1-20(10-13-35-31(41)29-21(2)36-19-37-22(29)3)38-14-11-26(12-15-38)39(18-24-16-25(32)8-9-28(24)33)27-7-5-6-23(17-27)30(40)34-4/h5-9,16-17,19-20,26,32H,10-15,18H2,1-4H3,(H-,34,35,40,41)/p+1. The second-order valence-corrected chi connectivity index (χ2v) is 11.1. The fourth-order valence-corrected chi connectivity index (χ4v) is 5.69. The Labute approximate surface area is 246 Å². The number of rotatable bonds is 10. The summed E-state index contributed by atoms with van der Waals surface area (Å²) in [5.74, 6) is -0.588. The van der Waals surface area contributed by atoms with Crippen LogP contribution in [0.2, 0.25) is 5.02 Å². The van der Waals surface area contributed by atoms with E-state index in [9.17, 15) is 14.0 Å². The van der Waals surface area contributed by atoms with Gasteiger partial charge in [-0.25, -0.2) is 14.4 Å². The molecule has 1 fully saturated rings. The monoisotopic (exact) mass is 581 g/mol. The van der Waals surface area contributed by atoms with Crippen LogP contribution in [0.4, 0.5) is 10.1 Å². The van der Waals surface area contributed by atoms with Gasteiger partial charge in [-0.05, 0) is 64.3 Å². The molecule has 1 aliphatic heterocycles. The van der Waals surface area contributed by atoms with Gasteiger partial charge in [0.15, 0.2) is 11.6 Å². The number of likely N-dealkylation sites (tertiary alicyclic amines) is 1. The average Bonchev–Trinajstić information content (AvgIpc) is 2.97. The van der Waals surface area contributed by atoms with Crippen molar-refractivity contribution in [3.05, 3.63) is 87.7 Å². The van der Waals surface area contributed by atoms with E-state index < -0.39 is 0 Å². The van der Waals surface area contributed by atoms with Gasteiger partial charge in [-0.15, -0.1) is 0 Å². The first-order valence-electron chi connectivity index (χ1n) is 14.0. The molecule has 1 saturated heterocycles. The number of nitrogens with one attached hydrogen (secondary N) is 2. The van der Waals surface area contributed by atoms with Crippen LogP contribution in [0.1, 0.15) is 63.9 Å². The van der Waals surface area contributed by atoms with E-state index in [2.05, 4.69) is 37.3 Å². The van der Waals surface area contributed by atoms with Gasteiger partial charge >= 0.3 is 0 Å². The van der Waals surface area contributed by atoms with Crippen LogP contribution in [-0.2, 0) is 6.54 Å². The number of nitrogens with zero attached hydrogens (tertiary/aromatic N) is 4. The highest BCUT2D eigenvalue weighted by molar-refractivity contribution is 5.96. The summed E-state index contributed by atoms with van der Waals surface area (Å²) < 4.78 is 14.8. The maximum absolute atomic E-state index is 14.8. The number of aromatic nitrogens is 2. The molecule has 3 aromatic rings. The summed E-state index contributed by atoms with van der Waals surface area (Å²) in [6, 6.07) is 12.7. The first-order chi connectivity index (χ1) is 19.7. The number of amides is 2. The number of hydrogen-bond acceptors (Lipinski definition) is 6. The molecule has 0 bridgehead atoms. The van der Waals surface area contributed by atoms with Gasteiger partial charge in [-0.3, -0.25) is 9.59 Å². The molecular formula is C31H39ClFN6O2+. The van der Waals surface area contributed by atoms with Crippen LogP contribution >= 0.6 is 0 Å². The maximum Gasteiger partial charge on any atom is 0.254 e. The zero-order valence-corrected chi connectivity index (χ0v) is 24.9. The van der Waals surface area contributed by atoms with Crippen LogP contribution in [0.25, 0.3) is 0 Å². The Balaban J connectivity index is 1.40. The van der Waals surface area contributed by atoms with E-state index >= 15 is 0 Å². The molecule has 1 aromatic heterocycles. The van der Waals surface area contributed by atoms with Crippen LogP contribution in [-0.4, -0.2) is 65.4 Å². The van der Waals surface area contributed by atoms with E-state index in [1.165, 1.54) is 12.4 Å². The fraction of sp³-hybridized carbons (Fsp3) is 0.419. The Morgan fingerprint density at radius 1 is 1.10 bits per heavy atom. The number of anilines is 1. The van der Waals surface area contributed by atoms with Crippen molar-refractivity contribution in [2.75, 3.05) is 31.6 Å². The summed E-state index contributed by atoms with van der Waals surface area (Å²) in [5, 5.41) is 6.30. The Morgan fingerprint density at radius 3 is 2.49 bits per heavy atom. The first-order valence-corrected chi connectivity index (χ1v) is 14.4. The molecule has 1 unspecified atom stereocenters. The third-order valence-corrected chi connectivity index (χ3v) is 8.14. The van der Waals surface area contributed by atoms with Gasteiger partial charge in [0.25, 0.3) is 11.8 Å². The molecule has 41 heavy (non-hydrogen) atoms. The molecule has 4 rings (SSSR count). The van der Waals surface area contributed by atoms with Crippen molar-refractivity contribution in [3.63, 3.8) is 0 Å². The van der Waals surface area contributed by atoms with Gasteiger partial charge in [0, 0.05) is 74.3 Å². The molecule has 2 heterocycles. The van der Waals surface area contributed by atoms with Crippen molar-refractivity contribution in [1.82, 2.24) is 25.5 Å². The summed E-state index contributed by atoms with van der Waals surface area (Å²) in [6.07, 6.45) is 4.06. The molecule has 2 N–H and O–H groups in total. The molecule has 0 radical (unpaired) electrons. The van der Waals surface area contributed by atoms with Gasteiger partial charge < -0.3 is 20.4 Å². The predicted octanol–water partition coefficient (Wildman–Crippen LogP) is 3.97. The summed E-state index contributed by atoms with van der Waals surface area (Å²) in [4.78, 5) is 38.0. The van der Waals surface area contributed by atoms with Crippen LogP contribution < -0.4 is 15.5 Å². The molecule has 2 amide bonds. The highest BCUT2D eigenvalue weighted by Crippen LogP contribution is 2.29. The Bertz CT molecular complexity index is 1360. The fourth-order valence-electron chi connectivity index (χ4n) is 5.48. The summed E-state index contributed by atoms with van der Waals surface area (Å²) in [7, 11) is 1.61. The smallest absolute Gasteiger partial charge is 0.254 e. The third kappa shape index (κ3) is 7.59. The van der Waals surface area contributed by atoms with Crippen LogP contribution in [0, 0.1) is 31.3 Å². The van der Waals surface area contributed by atoms with Crippen LogP contribution in [0.15, 0.2) is 48.8 Å². The second kappa shape index (κ2) is 13.9. The van der Waals surface area contributed by atoms with Crippen molar-refractivity contribution in [3.8, 4) is 0 Å². The van der Waals surface area contributed by atoms with Crippen LogP contribution in [0.5, 0.6) is 0 Å². The van der Waals surface area contributed by atoms with Crippen LogP contribution in [0.3, 0.4) is 0 Å². The lowest BCUT2D eigenvalue weighted by Gasteiger charge is -2.42. The van der Waals surface area contributed by atoms with E-state index in [-0.39, 0.29) is 29.7 Å². The average molecular weight is 582 g/mol. The maximum atomic E-state index is 14.8. The summed E-state index contributed by atoms with van der Waals surface area (Å²) in [5.41, 5.74) is 3.88. The molecule has 0 aliphatic carbocycles. The molecule has 0 spiro atoms. The first kappa shape index (κ1) is 30.4. The third-order valence-electron chi connectivity index (χ3n) is 7.89. The second-order valence-electron chi connectivity index (χ2n) is 10.6. The quantitative estimate of drug-likeness (QED) is 0.377. The predicted molar refractivity (Wildman–Crippen MR) is 155 cm³/mol. The zero-order valence-electron chi connectivity index (χ0n) is 24.1. The van der Waals surface area contributed by atoms with Crippen molar-refractivity contribution in [1.29, 1.82) is 0 Å². The lowest BCUT2D eigenvalue weighted by Crippen LogP contribution is -2.48. The zero-order chi connectivity index (χ0) is 29.5. The number of aryl methyl sites for hydroxylation is 2. The lowest BCUT2D eigenvalue weighted by molar-refractivity contribution is -0.289. The minimum atomic E-state index is -0.286. The van der Waals surface area contributed by atoms with Crippen molar-refractivity contribution < 1.29 is 25.6 Å². The Morgan fingerprint density at radius 2 is 1.80 bits per heavy atom. The van der Waals surface area contributed by atoms with Crippen molar-refractivity contribution in [2.24, 2.45) is 0 Å². The van der Waals surface area contributed by atoms with E-state index in [1.807, 2.05) is 32.0 Å². The molecule has 1 aliphatic rings. The van der Waals surface area contributed by atoms with Gasteiger partial charge in [-0.1, -0.05) is 6.07 Å². The van der Waals surface area contributed by atoms with Crippen molar-refractivity contribution in [2.45, 2.75) is 58.7 Å². The molecule has 1 atom stereocenters. The number of piperidine rings is 1. The van der Waals surface area contributed by atoms with Gasteiger partial charge in [-0.2, -0.15) is 0 Å². The highest BCUT2D eigenvalue weighted by atomic mass is 35.5. The van der Waals surface area contributed by atoms with Crippen molar-refractivity contribution >= 4 is 17.5 Å². The molecule has 0 saturated carbocycles. The van der Waals surface area contributed by atoms with Gasteiger partial charge in [0.2, 0.25) is 5.02 Å². The Hall–Kier alpha value is -3.56. The number of carbonyl (C=O) groups is 2. The molecular weight excluding hydrogens is 543 g/mol. The topological polar surface area (TPSA) is 90.5 Å². The number of benzene rings is 2. The van der Waals surface area contributed by atoms with E-state index in [0.717, 1.165) is 38.0 Å². The molecule has 10 heteroatoms. The number of carbonyl (C=O) groups excluding carboxylic acids is 2. The summed E-state index contributed by atoms with van der Waals surface area (Å²) in [6.45, 7) is 8.49. The molecule has 8 nitrogen and oxygen atoms in total. The van der Waals surface area contributed by atoms with E-state index in [0.29, 0.717) is 46.2 Å². The summed E-state index contributed by atoms with van der Waals surface area (Å²) >= 11 is 5.31. The highest BCUT2D eigenvalue weighted by Gasteiger charge is 2.28. The van der Waals surface area contributed by atoms with Gasteiger partial charge in [0.05, 0.1) is 17.0 Å². The Kier molecular flexibility index (Phi) is 10.3.